The number of hydrogen-bond acceptors (Lipinski definition) is 5. The van der Waals surface area contributed by atoms with Gasteiger partial charge in [-0.1, -0.05) is 5.22 Å². The highest BCUT2D eigenvalue weighted by atomic mass is 16.5. The maximum atomic E-state index is 11.7. The predicted octanol–water partition coefficient (Wildman–Crippen LogP) is 2.07. The number of nitrogens with one attached hydrogen (secondary N) is 1. The highest BCUT2D eigenvalue weighted by molar-refractivity contribution is 5.89. The van der Waals surface area contributed by atoms with Crippen molar-refractivity contribution in [3.8, 4) is 0 Å². The number of rotatable bonds is 5. The van der Waals surface area contributed by atoms with E-state index in [1.807, 2.05) is 0 Å². The van der Waals surface area contributed by atoms with Gasteiger partial charge in [0, 0.05) is 13.6 Å². The van der Waals surface area contributed by atoms with Gasteiger partial charge in [-0.05, 0) is 44.0 Å². The summed E-state index contributed by atoms with van der Waals surface area (Å²) in [7, 11) is 1.62. The first kappa shape index (κ1) is 15.9. The average Bonchev–Trinajstić information content (AvgIpc) is 3.01. The number of carbonyl (C=O) groups excluding carboxylic acids is 2. The lowest BCUT2D eigenvalue weighted by Gasteiger charge is -2.17. The van der Waals surface area contributed by atoms with E-state index in [0.717, 1.165) is 12.8 Å². The van der Waals surface area contributed by atoms with Crippen molar-refractivity contribution in [1.82, 2.24) is 10.3 Å². The zero-order chi connectivity index (χ0) is 15.9. The normalized spacial score (nSPS) is 17.7. The molecular formula is C15H20N4O3. The molecule has 1 N–H and O–H groups in total. The van der Waals surface area contributed by atoms with Crippen molar-refractivity contribution in [2.45, 2.75) is 25.8 Å². The smallest absolute Gasteiger partial charge is 0.338 e. The molecule has 118 valence electrons. The minimum atomic E-state index is -0.356. The van der Waals surface area contributed by atoms with Crippen LogP contribution in [-0.4, -0.2) is 43.1 Å². The van der Waals surface area contributed by atoms with Crippen molar-refractivity contribution in [3.63, 3.8) is 0 Å². The Morgan fingerprint density at radius 3 is 2.73 bits per heavy atom. The van der Waals surface area contributed by atoms with Gasteiger partial charge in [-0.3, -0.25) is 9.80 Å². The number of hydrogen-bond donors (Lipinski definition) is 1. The maximum absolute atomic E-state index is 11.7. The molecular weight excluding hydrogens is 284 g/mol. The SMILES string of the molecule is CCOC(=O)c1ccc(N=NN2CCC[C@@H]2C(=O)NC)cc1. The van der Waals surface area contributed by atoms with Crippen molar-refractivity contribution >= 4 is 17.6 Å². The van der Waals surface area contributed by atoms with Gasteiger partial charge in [-0.2, -0.15) is 0 Å². The molecule has 7 nitrogen and oxygen atoms in total. The summed E-state index contributed by atoms with van der Waals surface area (Å²) < 4.78 is 4.92. The Morgan fingerprint density at radius 1 is 1.36 bits per heavy atom. The fourth-order valence-electron chi connectivity index (χ4n) is 2.28. The van der Waals surface area contributed by atoms with Crippen LogP contribution in [0.15, 0.2) is 34.6 Å². The van der Waals surface area contributed by atoms with Crippen molar-refractivity contribution in [2.75, 3.05) is 20.2 Å². The van der Waals surface area contributed by atoms with Crippen LogP contribution in [0.4, 0.5) is 5.69 Å². The van der Waals surface area contributed by atoms with E-state index < -0.39 is 0 Å². The molecule has 1 aliphatic rings. The van der Waals surface area contributed by atoms with Gasteiger partial charge >= 0.3 is 5.97 Å². The molecule has 1 heterocycles. The number of ether oxygens (including phenoxy) is 1. The summed E-state index contributed by atoms with van der Waals surface area (Å²) in [5.74, 6) is -0.403. The molecule has 1 saturated heterocycles. The zero-order valence-electron chi connectivity index (χ0n) is 12.8. The topological polar surface area (TPSA) is 83.4 Å². The minimum absolute atomic E-state index is 0.0471. The fraction of sp³-hybridized carbons (Fsp3) is 0.467. The second-order valence-corrected chi connectivity index (χ2v) is 4.89. The monoisotopic (exact) mass is 304 g/mol. The number of nitrogens with zero attached hydrogens (tertiary/aromatic N) is 3. The summed E-state index contributed by atoms with van der Waals surface area (Å²) in [5, 5.41) is 12.6. The lowest BCUT2D eigenvalue weighted by atomic mass is 10.2. The highest BCUT2D eigenvalue weighted by Crippen LogP contribution is 2.20. The number of carbonyl (C=O) groups is 2. The van der Waals surface area contributed by atoms with Crippen LogP contribution in [-0.2, 0) is 9.53 Å². The third kappa shape index (κ3) is 3.81. The van der Waals surface area contributed by atoms with Gasteiger partial charge in [0.25, 0.3) is 0 Å². The van der Waals surface area contributed by atoms with Crippen LogP contribution in [0, 0.1) is 0 Å². The van der Waals surface area contributed by atoms with Crippen molar-refractivity contribution in [3.05, 3.63) is 29.8 Å². The van der Waals surface area contributed by atoms with Gasteiger partial charge in [-0.15, -0.1) is 5.11 Å². The van der Waals surface area contributed by atoms with Crippen molar-refractivity contribution < 1.29 is 14.3 Å². The third-order valence-electron chi connectivity index (χ3n) is 3.43. The molecule has 0 radical (unpaired) electrons. The molecule has 0 bridgehead atoms. The molecule has 1 fully saturated rings. The van der Waals surface area contributed by atoms with Crippen LogP contribution in [0.1, 0.15) is 30.1 Å². The summed E-state index contributed by atoms with van der Waals surface area (Å²) in [4.78, 5) is 23.3. The van der Waals surface area contributed by atoms with Crippen molar-refractivity contribution in [2.24, 2.45) is 10.3 Å². The Morgan fingerprint density at radius 2 is 2.09 bits per heavy atom. The number of amides is 1. The van der Waals surface area contributed by atoms with E-state index >= 15 is 0 Å². The molecule has 7 heteroatoms. The van der Waals surface area contributed by atoms with E-state index in [0.29, 0.717) is 24.4 Å². The summed E-state index contributed by atoms with van der Waals surface area (Å²) in [6.45, 7) is 2.82. The molecule has 0 aliphatic carbocycles. The molecule has 1 aromatic rings. The minimum Gasteiger partial charge on any atom is -0.462 e. The van der Waals surface area contributed by atoms with Gasteiger partial charge in [0.05, 0.1) is 17.9 Å². The number of benzene rings is 1. The Balaban J connectivity index is 2.01. The molecule has 2 rings (SSSR count). The Labute approximate surface area is 129 Å². The standard InChI is InChI=1S/C15H20N4O3/c1-3-22-15(21)11-6-8-12(9-7-11)17-18-19-10-4-5-13(19)14(20)16-2/h6-9,13H,3-5,10H2,1-2H3,(H,16,20)/t13-/m1/s1. The molecule has 1 atom stereocenters. The van der Waals surface area contributed by atoms with E-state index in [4.69, 9.17) is 4.74 Å². The first-order valence-electron chi connectivity index (χ1n) is 7.32. The zero-order valence-corrected chi connectivity index (χ0v) is 12.8. The van der Waals surface area contributed by atoms with Crippen molar-refractivity contribution in [1.29, 1.82) is 0 Å². The Bertz CT molecular complexity index is 556. The lowest BCUT2D eigenvalue weighted by Crippen LogP contribution is -2.39. The lowest BCUT2D eigenvalue weighted by molar-refractivity contribution is -0.125. The van der Waals surface area contributed by atoms with Crippen LogP contribution in [0.5, 0.6) is 0 Å². The van der Waals surface area contributed by atoms with Crippen LogP contribution in [0.2, 0.25) is 0 Å². The van der Waals surface area contributed by atoms with E-state index in [9.17, 15) is 9.59 Å². The van der Waals surface area contributed by atoms with E-state index in [2.05, 4.69) is 15.7 Å². The van der Waals surface area contributed by atoms with Gasteiger partial charge in [0.2, 0.25) is 5.91 Å². The molecule has 1 aromatic carbocycles. The molecule has 1 amide bonds. The van der Waals surface area contributed by atoms with Gasteiger partial charge < -0.3 is 10.1 Å². The number of likely N-dealkylation sites (N-methyl/N-ethyl adjacent to an activating group) is 1. The quantitative estimate of drug-likeness (QED) is 0.667. The molecule has 0 unspecified atom stereocenters. The molecule has 1 aliphatic heterocycles. The Kier molecular flexibility index (Phi) is 5.46. The van der Waals surface area contributed by atoms with E-state index in [1.165, 1.54) is 0 Å². The second kappa shape index (κ2) is 7.53. The summed E-state index contributed by atoms with van der Waals surface area (Å²) in [6, 6.07) is 6.42. The number of esters is 1. The van der Waals surface area contributed by atoms with Crippen LogP contribution in [0.25, 0.3) is 0 Å². The van der Waals surface area contributed by atoms with E-state index in [-0.39, 0.29) is 17.9 Å². The van der Waals surface area contributed by atoms with Crippen LogP contribution in [0.3, 0.4) is 0 Å². The summed E-state index contributed by atoms with van der Waals surface area (Å²) in [6.07, 6.45) is 1.69. The maximum Gasteiger partial charge on any atom is 0.338 e. The molecule has 0 aromatic heterocycles. The van der Waals surface area contributed by atoms with E-state index in [1.54, 1.807) is 43.2 Å². The first-order chi connectivity index (χ1) is 10.7. The van der Waals surface area contributed by atoms with Gasteiger partial charge in [0.15, 0.2) is 0 Å². The Hall–Kier alpha value is -2.44. The van der Waals surface area contributed by atoms with Gasteiger partial charge in [0.1, 0.15) is 6.04 Å². The molecule has 22 heavy (non-hydrogen) atoms. The third-order valence-corrected chi connectivity index (χ3v) is 3.43. The fourth-order valence-corrected chi connectivity index (χ4v) is 2.28. The van der Waals surface area contributed by atoms with Crippen LogP contribution >= 0.6 is 0 Å². The largest absolute Gasteiger partial charge is 0.462 e. The summed E-state index contributed by atoms with van der Waals surface area (Å²) >= 11 is 0. The average molecular weight is 304 g/mol. The highest BCUT2D eigenvalue weighted by Gasteiger charge is 2.29. The van der Waals surface area contributed by atoms with Crippen LogP contribution < -0.4 is 5.32 Å². The summed E-state index contributed by atoms with van der Waals surface area (Å²) in [5.41, 5.74) is 1.10. The van der Waals surface area contributed by atoms with Gasteiger partial charge in [-0.25, -0.2) is 4.79 Å². The second-order valence-electron chi connectivity index (χ2n) is 4.89. The predicted molar refractivity (Wildman–Crippen MR) is 80.7 cm³/mol. The molecule has 0 spiro atoms. The first-order valence-corrected chi connectivity index (χ1v) is 7.32. The molecule has 0 saturated carbocycles.